The number of hydrogen-bond acceptors (Lipinski definition) is 5. The SMILES string of the molecule is NC1CCC(NC(=O)C2N(C(=O)Oc3ccccc3)CCCN2C(=O)c2cccc(F)c2)CC1. The quantitative estimate of drug-likeness (QED) is 0.718. The molecule has 1 aliphatic heterocycles. The third-order valence-electron chi connectivity index (χ3n) is 6.26. The Labute approximate surface area is 197 Å². The molecular weight excluding hydrogens is 439 g/mol. The number of nitrogens with two attached hydrogens (primary N) is 1. The van der Waals surface area contributed by atoms with Gasteiger partial charge in [-0.2, -0.15) is 0 Å². The van der Waals surface area contributed by atoms with E-state index in [4.69, 9.17) is 10.5 Å². The summed E-state index contributed by atoms with van der Waals surface area (Å²) in [4.78, 5) is 42.4. The van der Waals surface area contributed by atoms with E-state index in [0.29, 0.717) is 12.2 Å². The molecule has 8 nitrogen and oxygen atoms in total. The summed E-state index contributed by atoms with van der Waals surface area (Å²) in [7, 11) is 0. The van der Waals surface area contributed by atoms with Crippen LogP contribution in [0.2, 0.25) is 0 Å². The molecule has 3 amide bonds. The first-order chi connectivity index (χ1) is 16.4. The molecule has 0 aromatic heterocycles. The van der Waals surface area contributed by atoms with Gasteiger partial charge in [0.15, 0.2) is 6.17 Å². The molecule has 1 saturated heterocycles. The number of benzene rings is 2. The lowest BCUT2D eigenvalue weighted by Crippen LogP contribution is -2.65. The second-order valence-corrected chi connectivity index (χ2v) is 8.73. The number of nitrogens with one attached hydrogen (secondary N) is 1. The molecule has 0 spiro atoms. The highest BCUT2D eigenvalue weighted by atomic mass is 19.1. The molecule has 0 bridgehead atoms. The fraction of sp³-hybridized carbons (Fsp3) is 0.400. The topological polar surface area (TPSA) is 105 Å². The van der Waals surface area contributed by atoms with Crippen LogP contribution in [0.4, 0.5) is 9.18 Å². The van der Waals surface area contributed by atoms with Crippen LogP contribution in [-0.2, 0) is 4.79 Å². The molecule has 1 unspecified atom stereocenters. The van der Waals surface area contributed by atoms with Crippen molar-refractivity contribution >= 4 is 17.9 Å². The highest BCUT2D eigenvalue weighted by Crippen LogP contribution is 2.23. The minimum Gasteiger partial charge on any atom is -0.410 e. The van der Waals surface area contributed by atoms with Crippen molar-refractivity contribution in [3.8, 4) is 5.75 Å². The zero-order chi connectivity index (χ0) is 24.1. The second kappa shape index (κ2) is 10.6. The number of hydrogen-bond donors (Lipinski definition) is 2. The maximum absolute atomic E-state index is 13.8. The maximum Gasteiger partial charge on any atom is 0.417 e. The lowest BCUT2D eigenvalue weighted by Gasteiger charge is -2.42. The summed E-state index contributed by atoms with van der Waals surface area (Å²) in [6, 6.07) is 13.9. The number of para-hydroxylation sites is 1. The molecule has 4 rings (SSSR count). The maximum atomic E-state index is 13.8. The highest BCUT2D eigenvalue weighted by molar-refractivity contribution is 5.98. The molecule has 2 fully saturated rings. The zero-order valence-corrected chi connectivity index (χ0v) is 18.9. The van der Waals surface area contributed by atoms with Crippen LogP contribution in [0.5, 0.6) is 5.75 Å². The Bertz CT molecular complexity index is 1030. The van der Waals surface area contributed by atoms with Crippen molar-refractivity contribution in [2.24, 2.45) is 5.73 Å². The predicted molar refractivity (Wildman–Crippen MR) is 123 cm³/mol. The summed E-state index contributed by atoms with van der Waals surface area (Å²) in [6.07, 6.45) is 1.55. The zero-order valence-electron chi connectivity index (χ0n) is 18.9. The molecule has 3 N–H and O–H groups in total. The predicted octanol–water partition coefficient (Wildman–Crippen LogP) is 2.88. The van der Waals surface area contributed by atoms with E-state index in [2.05, 4.69) is 5.32 Å². The van der Waals surface area contributed by atoms with Crippen molar-refractivity contribution in [2.75, 3.05) is 13.1 Å². The Morgan fingerprint density at radius 1 is 0.941 bits per heavy atom. The van der Waals surface area contributed by atoms with Gasteiger partial charge in [0.2, 0.25) is 0 Å². The van der Waals surface area contributed by atoms with Gasteiger partial charge >= 0.3 is 6.09 Å². The molecule has 2 aromatic carbocycles. The summed E-state index contributed by atoms with van der Waals surface area (Å²) < 4.78 is 19.3. The van der Waals surface area contributed by atoms with Crippen LogP contribution in [0.3, 0.4) is 0 Å². The molecule has 0 radical (unpaired) electrons. The van der Waals surface area contributed by atoms with Gasteiger partial charge in [-0.1, -0.05) is 24.3 Å². The van der Waals surface area contributed by atoms with Crippen molar-refractivity contribution < 1.29 is 23.5 Å². The van der Waals surface area contributed by atoms with Crippen molar-refractivity contribution in [3.05, 3.63) is 66.0 Å². The summed E-state index contributed by atoms with van der Waals surface area (Å²) in [6.45, 7) is 0.490. The Morgan fingerprint density at radius 3 is 2.35 bits per heavy atom. The van der Waals surface area contributed by atoms with Crippen molar-refractivity contribution in [2.45, 2.75) is 50.4 Å². The third-order valence-corrected chi connectivity index (χ3v) is 6.26. The second-order valence-electron chi connectivity index (χ2n) is 8.73. The van der Waals surface area contributed by atoms with E-state index in [0.717, 1.165) is 31.7 Å². The van der Waals surface area contributed by atoms with Gasteiger partial charge in [0.25, 0.3) is 11.8 Å². The van der Waals surface area contributed by atoms with Crippen LogP contribution < -0.4 is 15.8 Å². The van der Waals surface area contributed by atoms with E-state index < -0.39 is 29.9 Å². The minimum atomic E-state index is -1.21. The fourth-order valence-corrected chi connectivity index (χ4v) is 4.49. The molecule has 1 saturated carbocycles. The lowest BCUT2D eigenvalue weighted by atomic mass is 9.91. The van der Waals surface area contributed by atoms with Gasteiger partial charge in [-0.15, -0.1) is 0 Å². The van der Waals surface area contributed by atoms with Gasteiger partial charge in [0.1, 0.15) is 11.6 Å². The van der Waals surface area contributed by atoms with E-state index in [-0.39, 0.29) is 30.7 Å². The normalized spacial score (nSPS) is 22.7. The largest absolute Gasteiger partial charge is 0.417 e. The molecule has 1 atom stereocenters. The number of ether oxygens (including phenoxy) is 1. The molecule has 1 aliphatic carbocycles. The van der Waals surface area contributed by atoms with Crippen LogP contribution in [-0.4, -0.2) is 59.0 Å². The minimum absolute atomic E-state index is 0.0904. The van der Waals surface area contributed by atoms with E-state index in [1.165, 1.54) is 28.0 Å². The van der Waals surface area contributed by atoms with Gasteiger partial charge in [0.05, 0.1) is 0 Å². The number of amides is 3. The summed E-state index contributed by atoms with van der Waals surface area (Å²) >= 11 is 0. The van der Waals surface area contributed by atoms with Crippen LogP contribution in [0.1, 0.15) is 42.5 Å². The molecule has 34 heavy (non-hydrogen) atoms. The van der Waals surface area contributed by atoms with E-state index >= 15 is 0 Å². The van der Waals surface area contributed by atoms with E-state index in [1.807, 2.05) is 0 Å². The fourth-order valence-electron chi connectivity index (χ4n) is 4.49. The molecular formula is C25H29FN4O4. The van der Waals surface area contributed by atoms with Crippen LogP contribution in [0.15, 0.2) is 54.6 Å². The first-order valence-corrected chi connectivity index (χ1v) is 11.6. The Kier molecular flexibility index (Phi) is 7.42. The molecule has 2 aliphatic rings. The summed E-state index contributed by atoms with van der Waals surface area (Å²) in [5.74, 6) is -1.21. The molecule has 2 aromatic rings. The van der Waals surface area contributed by atoms with Crippen molar-refractivity contribution in [1.29, 1.82) is 0 Å². The highest BCUT2D eigenvalue weighted by Gasteiger charge is 2.42. The number of carbonyl (C=O) groups excluding carboxylic acids is 3. The third kappa shape index (κ3) is 5.53. The van der Waals surface area contributed by atoms with E-state index in [1.54, 1.807) is 30.3 Å². The average Bonchev–Trinajstić information content (AvgIpc) is 2.85. The van der Waals surface area contributed by atoms with Crippen LogP contribution in [0.25, 0.3) is 0 Å². The number of carbonyl (C=O) groups is 3. The van der Waals surface area contributed by atoms with Gasteiger partial charge < -0.3 is 20.7 Å². The summed E-state index contributed by atoms with van der Waals surface area (Å²) in [5.41, 5.74) is 6.09. The first kappa shape index (κ1) is 23.7. The first-order valence-electron chi connectivity index (χ1n) is 11.6. The van der Waals surface area contributed by atoms with E-state index in [9.17, 15) is 18.8 Å². The number of nitrogens with zero attached hydrogens (tertiary/aromatic N) is 2. The Balaban J connectivity index is 1.59. The van der Waals surface area contributed by atoms with Gasteiger partial charge in [0, 0.05) is 30.7 Å². The van der Waals surface area contributed by atoms with Gasteiger partial charge in [-0.3, -0.25) is 14.5 Å². The number of halogens is 1. The van der Waals surface area contributed by atoms with Crippen LogP contribution in [0, 0.1) is 5.82 Å². The molecule has 9 heteroatoms. The van der Waals surface area contributed by atoms with Crippen molar-refractivity contribution in [3.63, 3.8) is 0 Å². The average molecular weight is 469 g/mol. The summed E-state index contributed by atoms with van der Waals surface area (Å²) in [5, 5.41) is 2.99. The Hall–Kier alpha value is -3.46. The standard InChI is InChI=1S/C25H29FN4O4/c26-18-7-4-6-17(16-18)24(32)29-14-5-15-30(25(33)34-21-8-2-1-3-9-21)23(29)22(31)28-20-12-10-19(27)11-13-20/h1-4,6-9,16,19-20,23H,5,10-15,27H2,(H,28,31). The van der Waals surface area contributed by atoms with Gasteiger partial charge in [-0.25, -0.2) is 9.18 Å². The lowest BCUT2D eigenvalue weighted by molar-refractivity contribution is -0.133. The van der Waals surface area contributed by atoms with Gasteiger partial charge in [-0.05, 0) is 62.4 Å². The molecule has 1 heterocycles. The number of rotatable bonds is 4. The van der Waals surface area contributed by atoms with Crippen LogP contribution >= 0.6 is 0 Å². The Morgan fingerprint density at radius 2 is 1.65 bits per heavy atom. The van der Waals surface area contributed by atoms with Crippen molar-refractivity contribution in [1.82, 2.24) is 15.1 Å². The smallest absolute Gasteiger partial charge is 0.410 e. The molecule has 180 valence electrons. The monoisotopic (exact) mass is 468 g/mol.